The van der Waals surface area contributed by atoms with E-state index in [1.54, 1.807) is 17.0 Å². The van der Waals surface area contributed by atoms with Crippen molar-refractivity contribution in [2.24, 2.45) is 5.73 Å². The highest BCUT2D eigenvalue weighted by atomic mass is 32.2. The molecule has 1 saturated heterocycles. The largest absolute Gasteiger partial charge is 0.337 e. The van der Waals surface area contributed by atoms with Crippen molar-refractivity contribution in [3.8, 4) is 0 Å². The maximum atomic E-state index is 12.3. The molecule has 6 nitrogen and oxygen atoms in total. The van der Waals surface area contributed by atoms with Crippen molar-refractivity contribution in [3.05, 3.63) is 29.8 Å². The van der Waals surface area contributed by atoms with Crippen LogP contribution in [0.1, 0.15) is 37.0 Å². The number of nitrogens with one attached hydrogen (secondary N) is 1. The van der Waals surface area contributed by atoms with Crippen LogP contribution in [0.2, 0.25) is 0 Å². The number of sulfonamides is 1. The summed E-state index contributed by atoms with van der Waals surface area (Å²) < 4.78 is 26.9. The number of amides is 1. The Hall–Kier alpha value is -1.44. The predicted octanol–water partition coefficient (Wildman–Crippen LogP) is 0.937. The molecular formula is C15H23N3O3S. The zero-order valence-corrected chi connectivity index (χ0v) is 13.8. The van der Waals surface area contributed by atoms with Crippen LogP contribution in [0.4, 0.5) is 0 Å². The Labute approximate surface area is 131 Å². The summed E-state index contributed by atoms with van der Waals surface area (Å²) in [5.74, 6) is -0.105. The Bertz CT molecular complexity index is 628. The minimum atomic E-state index is -3.54. The molecule has 1 aliphatic heterocycles. The van der Waals surface area contributed by atoms with E-state index in [2.05, 4.69) is 4.72 Å². The molecule has 1 aromatic carbocycles. The lowest BCUT2D eigenvalue weighted by molar-refractivity contribution is 0.0791. The van der Waals surface area contributed by atoms with Crippen LogP contribution in [0.5, 0.6) is 0 Å². The molecule has 0 saturated carbocycles. The maximum Gasteiger partial charge on any atom is 0.253 e. The molecule has 1 aromatic rings. The summed E-state index contributed by atoms with van der Waals surface area (Å²) in [6.07, 6.45) is 1.52. The van der Waals surface area contributed by atoms with Crippen LogP contribution in [-0.4, -0.2) is 44.4 Å². The van der Waals surface area contributed by atoms with Crippen molar-refractivity contribution in [1.29, 1.82) is 0 Å². The lowest BCUT2D eigenvalue weighted by Gasteiger charge is -2.16. The summed E-state index contributed by atoms with van der Waals surface area (Å²) in [7, 11) is -3.54. The van der Waals surface area contributed by atoms with E-state index < -0.39 is 10.0 Å². The van der Waals surface area contributed by atoms with Gasteiger partial charge in [0, 0.05) is 30.7 Å². The summed E-state index contributed by atoms with van der Waals surface area (Å²) >= 11 is 0. The second-order valence-corrected chi connectivity index (χ2v) is 7.47. The first-order chi connectivity index (χ1) is 10.3. The van der Waals surface area contributed by atoms with Gasteiger partial charge in [-0.25, -0.2) is 13.1 Å². The van der Waals surface area contributed by atoms with Crippen molar-refractivity contribution in [2.45, 2.75) is 43.7 Å². The van der Waals surface area contributed by atoms with E-state index in [1.165, 1.54) is 12.1 Å². The quantitative estimate of drug-likeness (QED) is 0.842. The number of benzene rings is 1. The number of likely N-dealkylation sites (tertiary alicyclic amines) is 1. The van der Waals surface area contributed by atoms with Gasteiger partial charge in [0.15, 0.2) is 0 Å². The number of hydrogen-bond acceptors (Lipinski definition) is 4. The van der Waals surface area contributed by atoms with E-state index in [-0.39, 0.29) is 22.9 Å². The van der Waals surface area contributed by atoms with Crippen molar-refractivity contribution < 1.29 is 13.2 Å². The minimum Gasteiger partial charge on any atom is -0.337 e. The molecule has 0 radical (unpaired) electrons. The highest BCUT2D eigenvalue weighted by Gasteiger charge is 2.25. The normalized spacial score (nSPS) is 20.1. The molecule has 0 bridgehead atoms. The van der Waals surface area contributed by atoms with E-state index in [4.69, 9.17) is 5.73 Å². The molecule has 2 atom stereocenters. The average molecular weight is 325 g/mol. The van der Waals surface area contributed by atoms with Crippen LogP contribution in [-0.2, 0) is 10.0 Å². The Kier molecular flexibility index (Phi) is 5.20. The molecule has 7 heteroatoms. The average Bonchev–Trinajstić information content (AvgIpc) is 2.92. The van der Waals surface area contributed by atoms with Gasteiger partial charge >= 0.3 is 0 Å². The minimum absolute atomic E-state index is 0.0309. The number of carbonyl (C=O) groups excluding carboxylic acids is 1. The molecule has 122 valence electrons. The van der Waals surface area contributed by atoms with Crippen LogP contribution in [0.25, 0.3) is 0 Å². The number of nitrogens with two attached hydrogens (primary N) is 1. The van der Waals surface area contributed by atoms with Gasteiger partial charge in [-0.2, -0.15) is 0 Å². The third-order valence-corrected chi connectivity index (χ3v) is 5.50. The van der Waals surface area contributed by atoms with E-state index in [0.717, 1.165) is 6.42 Å². The number of carbonyl (C=O) groups is 1. The van der Waals surface area contributed by atoms with Gasteiger partial charge < -0.3 is 10.6 Å². The molecule has 0 aromatic heterocycles. The molecule has 22 heavy (non-hydrogen) atoms. The summed E-state index contributed by atoms with van der Waals surface area (Å²) in [4.78, 5) is 14.2. The molecule has 1 heterocycles. The van der Waals surface area contributed by atoms with E-state index in [9.17, 15) is 13.2 Å². The monoisotopic (exact) mass is 325 g/mol. The highest BCUT2D eigenvalue weighted by molar-refractivity contribution is 7.89. The molecule has 1 amide bonds. The highest BCUT2D eigenvalue weighted by Crippen LogP contribution is 2.16. The van der Waals surface area contributed by atoms with Gasteiger partial charge in [0.1, 0.15) is 0 Å². The first kappa shape index (κ1) is 16.9. The Balaban J connectivity index is 2.11. The predicted molar refractivity (Wildman–Crippen MR) is 85.0 cm³/mol. The summed E-state index contributed by atoms with van der Waals surface area (Å²) in [5.41, 5.74) is 6.28. The van der Waals surface area contributed by atoms with Gasteiger partial charge in [0.05, 0.1) is 4.90 Å². The molecule has 0 aliphatic carbocycles. The second-order valence-electron chi connectivity index (χ2n) is 5.75. The summed E-state index contributed by atoms with van der Waals surface area (Å²) in [5, 5.41) is 0. The summed E-state index contributed by atoms with van der Waals surface area (Å²) in [6.45, 7) is 4.92. The van der Waals surface area contributed by atoms with Crippen molar-refractivity contribution in [1.82, 2.24) is 9.62 Å². The van der Waals surface area contributed by atoms with Gasteiger partial charge in [-0.3, -0.25) is 4.79 Å². The zero-order valence-electron chi connectivity index (χ0n) is 13.0. The Morgan fingerprint density at radius 3 is 2.55 bits per heavy atom. The standard InChI is InChI=1S/C15H23N3O3S/c1-3-11(2)17-22(20,21)14-6-4-12(5-7-14)15(19)18-9-8-13(16)10-18/h4-7,11,13,17H,3,8-10,16H2,1-2H3/t11?,13-/m1/s1. The lowest BCUT2D eigenvalue weighted by atomic mass is 10.2. The fraction of sp³-hybridized carbons (Fsp3) is 0.533. The number of hydrogen-bond donors (Lipinski definition) is 2. The van der Waals surface area contributed by atoms with Crippen LogP contribution in [0, 0.1) is 0 Å². The van der Waals surface area contributed by atoms with Crippen molar-refractivity contribution >= 4 is 15.9 Å². The Morgan fingerprint density at radius 1 is 1.41 bits per heavy atom. The van der Waals surface area contributed by atoms with E-state index >= 15 is 0 Å². The Morgan fingerprint density at radius 2 is 2.05 bits per heavy atom. The molecular weight excluding hydrogens is 302 g/mol. The first-order valence-corrected chi connectivity index (χ1v) is 8.99. The third-order valence-electron chi connectivity index (χ3n) is 3.89. The first-order valence-electron chi connectivity index (χ1n) is 7.50. The fourth-order valence-electron chi connectivity index (χ4n) is 2.35. The number of rotatable bonds is 5. The molecule has 2 rings (SSSR count). The van der Waals surface area contributed by atoms with Crippen LogP contribution in [0.15, 0.2) is 29.2 Å². The van der Waals surface area contributed by atoms with Gasteiger partial charge in [0.25, 0.3) is 5.91 Å². The smallest absolute Gasteiger partial charge is 0.253 e. The maximum absolute atomic E-state index is 12.3. The molecule has 1 aliphatic rings. The van der Waals surface area contributed by atoms with Crippen molar-refractivity contribution in [3.63, 3.8) is 0 Å². The topological polar surface area (TPSA) is 92.5 Å². The SMILES string of the molecule is CCC(C)NS(=O)(=O)c1ccc(C(=O)N2CC[C@@H](N)C2)cc1. The summed E-state index contributed by atoms with van der Waals surface area (Å²) in [6, 6.07) is 5.94. The van der Waals surface area contributed by atoms with E-state index in [1.807, 2.05) is 13.8 Å². The number of nitrogens with zero attached hydrogens (tertiary/aromatic N) is 1. The zero-order chi connectivity index (χ0) is 16.3. The van der Waals surface area contributed by atoms with Crippen molar-refractivity contribution in [2.75, 3.05) is 13.1 Å². The molecule has 1 unspecified atom stereocenters. The van der Waals surface area contributed by atoms with Crippen LogP contribution in [0.3, 0.4) is 0 Å². The van der Waals surface area contributed by atoms with Gasteiger partial charge in [-0.15, -0.1) is 0 Å². The molecule has 1 fully saturated rings. The molecule has 0 spiro atoms. The fourth-order valence-corrected chi connectivity index (χ4v) is 3.67. The van der Waals surface area contributed by atoms with E-state index in [0.29, 0.717) is 25.1 Å². The lowest BCUT2D eigenvalue weighted by Crippen LogP contribution is -2.32. The van der Waals surface area contributed by atoms with Gasteiger partial charge in [-0.05, 0) is 44.0 Å². The van der Waals surface area contributed by atoms with Gasteiger partial charge in [0.2, 0.25) is 10.0 Å². The van der Waals surface area contributed by atoms with Crippen LogP contribution >= 0.6 is 0 Å². The molecule has 3 N–H and O–H groups in total. The van der Waals surface area contributed by atoms with Crippen LogP contribution < -0.4 is 10.5 Å². The second kappa shape index (κ2) is 6.76. The third kappa shape index (κ3) is 3.85. The van der Waals surface area contributed by atoms with Gasteiger partial charge in [-0.1, -0.05) is 6.92 Å².